The lowest BCUT2D eigenvalue weighted by Gasteiger charge is -1.98. The number of carbonyl (C=O) groups excluding carboxylic acids is 1. The van der Waals surface area contributed by atoms with Gasteiger partial charge in [0.15, 0.2) is 0 Å². The van der Waals surface area contributed by atoms with E-state index >= 15 is 0 Å². The van der Waals surface area contributed by atoms with Crippen LogP contribution in [0.15, 0.2) is 24.2 Å². The summed E-state index contributed by atoms with van der Waals surface area (Å²) in [5.74, 6) is -0.640. The average Bonchev–Trinajstić information content (AvgIpc) is 2.73. The summed E-state index contributed by atoms with van der Waals surface area (Å²) in [5, 5.41) is 10.3. The lowest BCUT2D eigenvalue weighted by atomic mass is 10.3. The van der Waals surface area contributed by atoms with Crippen molar-refractivity contribution in [3.63, 3.8) is 0 Å². The van der Waals surface area contributed by atoms with Gasteiger partial charge in [-0.05, 0) is 16.8 Å². The van der Waals surface area contributed by atoms with Crippen LogP contribution in [-0.2, 0) is 16.1 Å². The maximum Gasteiger partial charge on any atom is 0.381 e. The van der Waals surface area contributed by atoms with Crippen LogP contribution in [0.2, 0.25) is 0 Å². The lowest BCUT2D eigenvalue weighted by Crippen LogP contribution is -2.03. The van der Waals surface area contributed by atoms with Crippen molar-refractivity contribution in [3.8, 4) is 0 Å². The molecule has 0 saturated heterocycles. The van der Waals surface area contributed by atoms with Crippen LogP contribution in [0.3, 0.4) is 0 Å². The topological polar surface area (TPSA) is 87.3 Å². The summed E-state index contributed by atoms with van der Waals surface area (Å²) in [6.07, 6.45) is 4.23. The quantitative estimate of drug-likeness (QED) is 0.329. The van der Waals surface area contributed by atoms with Crippen molar-refractivity contribution in [2.75, 3.05) is 7.11 Å². The van der Waals surface area contributed by atoms with Crippen molar-refractivity contribution < 1.29 is 14.5 Å². The van der Waals surface area contributed by atoms with E-state index < -0.39 is 10.9 Å². The standard InChI is InChI=1S/C9H11N3O4/c1-7(9(13)16-2)3-4-11-5-8(10-6-11)12(14)15/h3,5-6H,4H2,1-2H3/b7-3+. The van der Waals surface area contributed by atoms with E-state index in [0.29, 0.717) is 12.1 Å². The molecule has 0 N–H and O–H groups in total. The molecule has 86 valence electrons. The second kappa shape index (κ2) is 5.06. The lowest BCUT2D eigenvalue weighted by molar-refractivity contribution is -0.389. The summed E-state index contributed by atoms with van der Waals surface area (Å²) in [5.41, 5.74) is 0.443. The van der Waals surface area contributed by atoms with Crippen LogP contribution in [0, 0.1) is 10.1 Å². The van der Waals surface area contributed by atoms with Gasteiger partial charge in [0, 0.05) is 12.1 Å². The van der Waals surface area contributed by atoms with Crippen molar-refractivity contribution in [1.29, 1.82) is 0 Å². The van der Waals surface area contributed by atoms with Gasteiger partial charge in [0.25, 0.3) is 0 Å². The number of hydrogen-bond donors (Lipinski definition) is 0. The Balaban J connectivity index is 2.67. The molecule has 1 aromatic rings. The van der Waals surface area contributed by atoms with E-state index in [1.807, 2.05) is 0 Å². The number of rotatable bonds is 4. The molecule has 0 atom stereocenters. The summed E-state index contributed by atoms with van der Waals surface area (Å²) < 4.78 is 6.01. The number of ether oxygens (including phenoxy) is 1. The molecule has 0 aliphatic carbocycles. The molecule has 0 bridgehead atoms. The highest BCUT2D eigenvalue weighted by atomic mass is 16.6. The molecule has 0 saturated carbocycles. The molecule has 1 rings (SSSR count). The molecule has 7 heteroatoms. The Bertz CT molecular complexity index is 436. The zero-order valence-electron chi connectivity index (χ0n) is 8.91. The first-order chi connectivity index (χ1) is 7.54. The third-order valence-corrected chi connectivity index (χ3v) is 1.92. The largest absolute Gasteiger partial charge is 0.466 e. The Labute approximate surface area is 91.5 Å². The zero-order chi connectivity index (χ0) is 12.1. The van der Waals surface area contributed by atoms with Crippen LogP contribution in [0.1, 0.15) is 6.92 Å². The monoisotopic (exact) mass is 225 g/mol. The summed E-state index contributed by atoms with van der Waals surface area (Å²) >= 11 is 0. The average molecular weight is 225 g/mol. The second-order valence-electron chi connectivity index (χ2n) is 3.06. The third kappa shape index (κ3) is 2.91. The number of methoxy groups -OCH3 is 1. The van der Waals surface area contributed by atoms with E-state index in [2.05, 4.69) is 9.72 Å². The maximum absolute atomic E-state index is 11.0. The van der Waals surface area contributed by atoms with Gasteiger partial charge in [0.1, 0.15) is 6.20 Å². The molecule has 7 nitrogen and oxygen atoms in total. The Hall–Kier alpha value is -2.18. The summed E-state index contributed by atoms with van der Waals surface area (Å²) in [4.78, 5) is 24.4. The van der Waals surface area contributed by atoms with Crippen molar-refractivity contribution in [2.24, 2.45) is 0 Å². The number of hydrogen-bond acceptors (Lipinski definition) is 5. The van der Waals surface area contributed by atoms with Crippen LogP contribution in [0.25, 0.3) is 0 Å². The van der Waals surface area contributed by atoms with Crippen LogP contribution >= 0.6 is 0 Å². The highest BCUT2D eigenvalue weighted by Crippen LogP contribution is 2.06. The minimum atomic E-state index is -0.576. The third-order valence-electron chi connectivity index (χ3n) is 1.92. The molecular formula is C9H11N3O4. The minimum Gasteiger partial charge on any atom is -0.466 e. The molecular weight excluding hydrogens is 214 g/mol. The van der Waals surface area contributed by atoms with Crippen LogP contribution in [-0.4, -0.2) is 27.6 Å². The van der Waals surface area contributed by atoms with Crippen LogP contribution < -0.4 is 0 Å². The van der Waals surface area contributed by atoms with E-state index in [9.17, 15) is 14.9 Å². The fourth-order valence-corrected chi connectivity index (χ4v) is 1.03. The Morgan fingerprint density at radius 1 is 1.75 bits per heavy atom. The summed E-state index contributed by atoms with van der Waals surface area (Å²) in [6, 6.07) is 0. The van der Waals surface area contributed by atoms with E-state index in [0.717, 1.165) is 0 Å². The molecule has 0 unspecified atom stereocenters. The van der Waals surface area contributed by atoms with Gasteiger partial charge in [-0.15, -0.1) is 0 Å². The SMILES string of the molecule is COC(=O)/C(C)=C/Cn1cnc([N+](=O)[O-])c1. The van der Waals surface area contributed by atoms with Crippen molar-refractivity contribution >= 4 is 11.8 Å². The van der Waals surface area contributed by atoms with Gasteiger partial charge < -0.3 is 19.4 Å². The molecule has 0 aromatic carbocycles. The first kappa shape index (κ1) is 11.9. The van der Waals surface area contributed by atoms with E-state index in [-0.39, 0.29) is 5.82 Å². The predicted octanol–water partition coefficient (Wildman–Crippen LogP) is 0.911. The van der Waals surface area contributed by atoms with E-state index in [1.165, 1.54) is 24.2 Å². The molecule has 16 heavy (non-hydrogen) atoms. The second-order valence-corrected chi connectivity index (χ2v) is 3.06. The maximum atomic E-state index is 11.0. The highest BCUT2D eigenvalue weighted by Gasteiger charge is 2.09. The smallest absolute Gasteiger partial charge is 0.381 e. The van der Waals surface area contributed by atoms with Gasteiger partial charge >= 0.3 is 11.8 Å². The number of imidazole rings is 1. The van der Waals surface area contributed by atoms with E-state index in [1.54, 1.807) is 13.0 Å². The number of carbonyl (C=O) groups is 1. The minimum absolute atomic E-state index is 0.218. The number of allylic oxidation sites excluding steroid dienone is 1. The van der Waals surface area contributed by atoms with E-state index in [4.69, 9.17) is 0 Å². The zero-order valence-corrected chi connectivity index (χ0v) is 8.91. The Kier molecular flexibility index (Phi) is 3.76. The summed E-state index contributed by atoms with van der Waals surface area (Å²) in [6.45, 7) is 1.94. The van der Waals surface area contributed by atoms with Crippen LogP contribution in [0.4, 0.5) is 5.82 Å². The highest BCUT2D eigenvalue weighted by molar-refractivity contribution is 5.87. The number of aromatic nitrogens is 2. The fraction of sp³-hybridized carbons (Fsp3) is 0.333. The predicted molar refractivity (Wildman–Crippen MR) is 54.7 cm³/mol. The molecule has 0 amide bonds. The van der Waals surface area contributed by atoms with Crippen molar-refractivity contribution in [1.82, 2.24) is 9.55 Å². The molecule has 1 heterocycles. The molecule has 0 radical (unpaired) electrons. The number of nitro groups is 1. The molecule has 0 fully saturated rings. The Morgan fingerprint density at radius 2 is 2.44 bits per heavy atom. The molecule has 0 aliphatic rings. The first-order valence-corrected chi connectivity index (χ1v) is 4.46. The molecule has 0 spiro atoms. The van der Waals surface area contributed by atoms with Gasteiger partial charge in [-0.2, -0.15) is 0 Å². The van der Waals surface area contributed by atoms with Crippen molar-refractivity contribution in [2.45, 2.75) is 13.5 Å². The fourth-order valence-electron chi connectivity index (χ4n) is 1.03. The van der Waals surface area contributed by atoms with Gasteiger partial charge in [0.2, 0.25) is 6.33 Å². The van der Waals surface area contributed by atoms with Gasteiger partial charge in [-0.1, -0.05) is 6.08 Å². The van der Waals surface area contributed by atoms with Gasteiger partial charge in [-0.25, -0.2) is 4.79 Å². The first-order valence-electron chi connectivity index (χ1n) is 4.46. The van der Waals surface area contributed by atoms with Crippen LogP contribution in [0.5, 0.6) is 0 Å². The Morgan fingerprint density at radius 3 is 2.94 bits per heavy atom. The normalized spacial score (nSPS) is 11.2. The number of esters is 1. The molecule has 1 aromatic heterocycles. The molecule has 0 aliphatic heterocycles. The van der Waals surface area contributed by atoms with Crippen molar-refractivity contribution in [3.05, 3.63) is 34.3 Å². The van der Waals surface area contributed by atoms with Gasteiger partial charge in [-0.3, -0.25) is 0 Å². The summed E-state index contributed by atoms with van der Waals surface area (Å²) in [7, 11) is 1.29. The number of nitrogens with zero attached hydrogens (tertiary/aromatic N) is 3. The van der Waals surface area contributed by atoms with Gasteiger partial charge in [0.05, 0.1) is 7.11 Å².